The van der Waals surface area contributed by atoms with E-state index in [1.807, 2.05) is 17.5 Å². The van der Waals surface area contributed by atoms with E-state index in [0.717, 1.165) is 23.7 Å². The first-order valence-corrected chi connectivity index (χ1v) is 7.69. The average Bonchev–Trinajstić information content (AvgIpc) is 3.09. The van der Waals surface area contributed by atoms with Crippen molar-refractivity contribution < 1.29 is 4.79 Å². The Hall–Kier alpha value is -1.88. The van der Waals surface area contributed by atoms with Gasteiger partial charge in [0.15, 0.2) is 0 Å². The Morgan fingerprint density at radius 3 is 3.20 bits per heavy atom. The van der Waals surface area contributed by atoms with Crippen LogP contribution in [-0.4, -0.2) is 24.0 Å². The minimum Gasteiger partial charge on any atom is -0.384 e. The van der Waals surface area contributed by atoms with E-state index in [2.05, 4.69) is 27.8 Å². The number of fused-ring (bicyclic) bond motifs is 1. The zero-order chi connectivity index (χ0) is 13.8. The van der Waals surface area contributed by atoms with Gasteiger partial charge in [-0.15, -0.1) is 11.3 Å². The minimum absolute atomic E-state index is 0.116. The molecule has 1 aromatic heterocycles. The smallest absolute Gasteiger partial charge is 0.220 e. The van der Waals surface area contributed by atoms with Crippen LogP contribution in [0, 0.1) is 0 Å². The van der Waals surface area contributed by atoms with E-state index in [4.69, 9.17) is 0 Å². The lowest BCUT2D eigenvalue weighted by Gasteiger charge is -2.10. The monoisotopic (exact) mass is 287 g/mol. The van der Waals surface area contributed by atoms with Crippen LogP contribution in [0.5, 0.6) is 0 Å². The van der Waals surface area contributed by atoms with Gasteiger partial charge < -0.3 is 10.6 Å². The molecule has 3 rings (SSSR count). The van der Waals surface area contributed by atoms with E-state index in [1.54, 1.807) is 17.5 Å². The van der Waals surface area contributed by atoms with Crippen LogP contribution in [0.15, 0.2) is 35.8 Å². The highest BCUT2D eigenvalue weighted by molar-refractivity contribution is 7.09. The Morgan fingerprint density at radius 2 is 2.35 bits per heavy atom. The highest BCUT2D eigenvalue weighted by atomic mass is 32.1. The molecule has 2 heterocycles. The van der Waals surface area contributed by atoms with Gasteiger partial charge in [0, 0.05) is 49.1 Å². The molecular formula is C15H17N3OS. The first-order chi connectivity index (χ1) is 9.83. The van der Waals surface area contributed by atoms with Crippen molar-refractivity contribution in [1.82, 2.24) is 10.3 Å². The van der Waals surface area contributed by atoms with Crippen molar-refractivity contribution in [3.05, 3.63) is 46.4 Å². The summed E-state index contributed by atoms with van der Waals surface area (Å²) in [5, 5.41) is 9.35. The molecule has 0 bridgehead atoms. The fourth-order valence-electron chi connectivity index (χ4n) is 2.52. The predicted octanol–water partition coefficient (Wildman–Crippen LogP) is 2.40. The number of aromatic nitrogens is 1. The number of carbonyl (C=O) groups is 1. The molecular weight excluding hydrogens is 270 g/mol. The molecule has 20 heavy (non-hydrogen) atoms. The van der Waals surface area contributed by atoms with E-state index in [9.17, 15) is 4.79 Å². The van der Waals surface area contributed by atoms with Crippen LogP contribution in [0.2, 0.25) is 0 Å². The number of carbonyl (C=O) groups excluding carboxylic acids is 1. The van der Waals surface area contributed by atoms with Crippen molar-refractivity contribution in [2.75, 3.05) is 18.4 Å². The highest BCUT2D eigenvalue weighted by Gasteiger charge is 2.23. The van der Waals surface area contributed by atoms with Crippen LogP contribution in [-0.2, 0) is 11.2 Å². The summed E-state index contributed by atoms with van der Waals surface area (Å²) in [5.74, 6) is 0.399. The maximum Gasteiger partial charge on any atom is 0.220 e. The molecule has 1 aliphatic heterocycles. The molecule has 5 heteroatoms. The SMILES string of the molecule is O=C(CC1CNc2ccccc21)NCCc1nccs1. The number of hydrogen-bond acceptors (Lipinski definition) is 4. The molecule has 0 saturated heterocycles. The van der Waals surface area contributed by atoms with Crippen LogP contribution >= 0.6 is 11.3 Å². The number of benzene rings is 1. The highest BCUT2D eigenvalue weighted by Crippen LogP contribution is 2.32. The standard InChI is InChI=1S/C15H17N3OS/c19-14(16-6-5-15-17-7-8-20-15)9-11-10-18-13-4-2-1-3-12(11)13/h1-4,7-8,11,18H,5-6,9-10H2,(H,16,19). The number of amides is 1. The molecule has 0 saturated carbocycles. The number of nitrogens with one attached hydrogen (secondary N) is 2. The first kappa shape index (κ1) is 13.1. The van der Waals surface area contributed by atoms with Crippen molar-refractivity contribution in [1.29, 1.82) is 0 Å². The van der Waals surface area contributed by atoms with Gasteiger partial charge in [-0.05, 0) is 11.6 Å². The van der Waals surface area contributed by atoms with E-state index < -0.39 is 0 Å². The second-order valence-corrected chi connectivity index (χ2v) is 5.87. The van der Waals surface area contributed by atoms with Crippen molar-refractivity contribution in [3.63, 3.8) is 0 Å². The van der Waals surface area contributed by atoms with Gasteiger partial charge >= 0.3 is 0 Å². The molecule has 1 amide bonds. The topological polar surface area (TPSA) is 54.0 Å². The third-order valence-electron chi connectivity index (χ3n) is 3.52. The lowest BCUT2D eigenvalue weighted by molar-refractivity contribution is -0.121. The number of nitrogens with zero attached hydrogens (tertiary/aromatic N) is 1. The van der Waals surface area contributed by atoms with Gasteiger partial charge in [-0.25, -0.2) is 4.98 Å². The van der Waals surface area contributed by atoms with Crippen LogP contribution < -0.4 is 10.6 Å². The van der Waals surface area contributed by atoms with Crippen LogP contribution in [0.4, 0.5) is 5.69 Å². The van der Waals surface area contributed by atoms with Gasteiger partial charge in [-0.1, -0.05) is 18.2 Å². The summed E-state index contributed by atoms with van der Waals surface area (Å²) < 4.78 is 0. The summed E-state index contributed by atoms with van der Waals surface area (Å²) in [7, 11) is 0. The van der Waals surface area contributed by atoms with Gasteiger partial charge in [0.2, 0.25) is 5.91 Å². The predicted molar refractivity (Wildman–Crippen MR) is 81.1 cm³/mol. The number of anilines is 1. The van der Waals surface area contributed by atoms with Crippen molar-refractivity contribution in [2.24, 2.45) is 0 Å². The summed E-state index contributed by atoms with van der Waals surface area (Å²) in [6, 6.07) is 8.21. The van der Waals surface area contributed by atoms with Gasteiger partial charge in [0.05, 0.1) is 5.01 Å². The van der Waals surface area contributed by atoms with E-state index >= 15 is 0 Å². The van der Waals surface area contributed by atoms with Gasteiger partial charge in [0.1, 0.15) is 0 Å². The molecule has 1 aromatic carbocycles. The molecule has 104 valence electrons. The molecule has 0 fully saturated rings. The maximum absolute atomic E-state index is 12.0. The fraction of sp³-hybridized carbons (Fsp3) is 0.333. The Bertz CT molecular complexity index is 583. The van der Waals surface area contributed by atoms with Gasteiger partial charge in [0.25, 0.3) is 0 Å². The number of para-hydroxylation sites is 1. The Balaban J connectivity index is 1.48. The largest absolute Gasteiger partial charge is 0.384 e. The maximum atomic E-state index is 12.0. The van der Waals surface area contributed by atoms with E-state index in [0.29, 0.717) is 13.0 Å². The quantitative estimate of drug-likeness (QED) is 0.888. The fourth-order valence-corrected chi connectivity index (χ4v) is 3.14. The second kappa shape index (κ2) is 6.05. The minimum atomic E-state index is 0.116. The molecule has 2 N–H and O–H groups in total. The zero-order valence-corrected chi connectivity index (χ0v) is 12.0. The Kier molecular flexibility index (Phi) is 3.97. The molecule has 1 aliphatic rings. The molecule has 4 nitrogen and oxygen atoms in total. The van der Waals surface area contributed by atoms with Gasteiger partial charge in [-0.2, -0.15) is 0 Å². The summed E-state index contributed by atoms with van der Waals surface area (Å²) in [5.41, 5.74) is 2.41. The number of rotatable bonds is 5. The first-order valence-electron chi connectivity index (χ1n) is 6.81. The molecule has 1 atom stereocenters. The molecule has 0 spiro atoms. The molecule has 2 aromatic rings. The summed E-state index contributed by atoms with van der Waals surface area (Å²) in [6.45, 7) is 1.51. The molecule has 0 aliphatic carbocycles. The average molecular weight is 287 g/mol. The lowest BCUT2D eigenvalue weighted by Crippen LogP contribution is -2.27. The third-order valence-corrected chi connectivity index (χ3v) is 4.36. The number of thiazole rings is 1. The number of hydrogen-bond donors (Lipinski definition) is 2. The van der Waals surface area contributed by atoms with Crippen LogP contribution in [0.1, 0.15) is 22.9 Å². The molecule has 0 radical (unpaired) electrons. The van der Waals surface area contributed by atoms with E-state index in [1.165, 1.54) is 5.56 Å². The normalized spacial score (nSPS) is 16.5. The second-order valence-electron chi connectivity index (χ2n) is 4.89. The Morgan fingerprint density at radius 1 is 1.45 bits per heavy atom. The lowest BCUT2D eigenvalue weighted by atomic mass is 9.97. The molecule has 1 unspecified atom stereocenters. The van der Waals surface area contributed by atoms with Crippen molar-refractivity contribution in [2.45, 2.75) is 18.8 Å². The van der Waals surface area contributed by atoms with Crippen molar-refractivity contribution in [3.8, 4) is 0 Å². The third kappa shape index (κ3) is 2.99. The summed E-state index contributed by atoms with van der Waals surface area (Å²) in [4.78, 5) is 16.2. The zero-order valence-electron chi connectivity index (χ0n) is 11.1. The summed E-state index contributed by atoms with van der Waals surface area (Å²) in [6.07, 6.45) is 3.15. The van der Waals surface area contributed by atoms with Crippen molar-refractivity contribution >= 4 is 22.9 Å². The van der Waals surface area contributed by atoms with E-state index in [-0.39, 0.29) is 11.8 Å². The van der Waals surface area contributed by atoms with Crippen LogP contribution in [0.25, 0.3) is 0 Å². The summed E-state index contributed by atoms with van der Waals surface area (Å²) >= 11 is 1.63. The Labute approximate surface area is 122 Å². The van der Waals surface area contributed by atoms with Crippen LogP contribution in [0.3, 0.4) is 0 Å². The van der Waals surface area contributed by atoms with Gasteiger partial charge in [-0.3, -0.25) is 4.79 Å².